The average Bonchev–Trinajstić information content (AvgIpc) is 3.01. The van der Waals surface area contributed by atoms with Crippen LogP contribution < -0.4 is 9.64 Å². The number of hydrogen-bond donors (Lipinski definition) is 1. The lowest BCUT2D eigenvalue weighted by molar-refractivity contribution is -0.137. The first-order valence-corrected chi connectivity index (χ1v) is 10.9. The van der Waals surface area contributed by atoms with Crippen LogP contribution in [0.1, 0.15) is 43.7 Å². The second-order valence-corrected chi connectivity index (χ2v) is 8.62. The molecular formula is C23H23NO4S2. The summed E-state index contributed by atoms with van der Waals surface area (Å²) in [5.74, 6) is -0.112. The summed E-state index contributed by atoms with van der Waals surface area (Å²) < 4.78 is 6.06. The SMILES string of the molecule is CCC(C)c1ccc(N2C(=O)/C(=C\c3ccccc3OCCC(=O)O)SC2=S)cc1. The number of rotatable bonds is 8. The topological polar surface area (TPSA) is 66.8 Å². The van der Waals surface area contributed by atoms with Gasteiger partial charge < -0.3 is 9.84 Å². The van der Waals surface area contributed by atoms with E-state index in [2.05, 4.69) is 13.8 Å². The molecule has 0 radical (unpaired) electrons. The second kappa shape index (κ2) is 9.91. The van der Waals surface area contributed by atoms with Gasteiger partial charge >= 0.3 is 5.97 Å². The van der Waals surface area contributed by atoms with Gasteiger partial charge in [-0.2, -0.15) is 0 Å². The highest BCUT2D eigenvalue weighted by atomic mass is 32.2. The first kappa shape index (κ1) is 22.1. The van der Waals surface area contributed by atoms with Crippen LogP contribution in [0.25, 0.3) is 6.08 Å². The molecule has 0 bridgehead atoms. The number of amides is 1. The number of benzene rings is 2. The molecule has 0 spiro atoms. The van der Waals surface area contributed by atoms with Gasteiger partial charge in [0.2, 0.25) is 0 Å². The monoisotopic (exact) mass is 441 g/mol. The zero-order valence-corrected chi connectivity index (χ0v) is 18.5. The van der Waals surface area contributed by atoms with Crippen LogP contribution in [-0.2, 0) is 9.59 Å². The Morgan fingerprint density at radius 1 is 1.23 bits per heavy atom. The molecule has 30 heavy (non-hydrogen) atoms. The Balaban J connectivity index is 1.81. The van der Waals surface area contributed by atoms with E-state index in [9.17, 15) is 9.59 Å². The molecule has 1 saturated heterocycles. The Morgan fingerprint density at radius 2 is 1.93 bits per heavy atom. The number of para-hydroxylation sites is 1. The minimum absolute atomic E-state index is 0.0592. The van der Waals surface area contributed by atoms with Crippen LogP contribution in [0.5, 0.6) is 5.75 Å². The van der Waals surface area contributed by atoms with Crippen LogP contribution in [0.3, 0.4) is 0 Å². The number of aliphatic carboxylic acids is 1. The molecule has 1 unspecified atom stereocenters. The van der Waals surface area contributed by atoms with Gasteiger partial charge in [-0.3, -0.25) is 14.5 Å². The van der Waals surface area contributed by atoms with E-state index in [-0.39, 0.29) is 18.9 Å². The first-order chi connectivity index (χ1) is 14.4. The molecule has 1 atom stereocenters. The Bertz CT molecular complexity index is 985. The fourth-order valence-electron chi connectivity index (χ4n) is 3.00. The normalized spacial score (nSPS) is 16.2. The van der Waals surface area contributed by atoms with Gasteiger partial charge in [0, 0.05) is 5.56 Å². The second-order valence-electron chi connectivity index (χ2n) is 6.95. The van der Waals surface area contributed by atoms with Gasteiger partial charge in [-0.05, 0) is 42.2 Å². The zero-order chi connectivity index (χ0) is 21.7. The number of carbonyl (C=O) groups is 2. The van der Waals surface area contributed by atoms with Crippen molar-refractivity contribution in [1.82, 2.24) is 0 Å². The van der Waals surface area contributed by atoms with Crippen LogP contribution in [-0.4, -0.2) is 27.9 Å². The van der Waals surface area contributed by atoms with Crippen molar-refractivity contribution in [2.24, 2.45) is 0 Å². The first-order valence-electron chi connectivity index (χ1n) is 9.72. The summed E-state index contributed by atoms with van der Waals surface area (Å²) in [5.41, 5.74) is 2.68. The highest BCUT2D eigenvalue weighted by Crippen LogP contribution is 2.37. The molecule has 156 valence electrons. The number of hydrogen-bond acceptors (Lipinski definition) is 5. The largest absolute Gasteiger partial charge is 0.492 e. The Kier molecular flexibility index (Phi) is 7.29. The molecule has 7 heteroatoms. The molecule has 1 aliphatic heterocycles. The van der Waals surface area contributed by atoms with Crippen LogP contribution in [0.4, 0.5) is 5.69 Å². The molecule has 1 amide bonds. The Hall–Kier alpha value is -2.64. The summed E-state index contributed by atoms with van der Waals surface area (Å²) >= 11 is 6.71. The molecule has 5 nitrogen and oxygen atoms in total. The van der Waals surface area contributed by atoms with Crippen molar-refractivity contribution in [1.29, 1.82) is 0 Å². The fraction of sp³-hybridized carbons (Fsp3) is 0.261. The summed E-state index contributed by atoms with van der Waals surface area (Å²) in [7, 11) is 0. The lowest BCUT2D eigenvalue weighted by atomic mass is 9.98. The van der Waals surface area contributed by atoms with Crippen molar-refractivity contribution in [3.63, 3.8) is 0 Å². The summed E-state index contributed by atoms with van der Waals surface area (Å²) in [4.78, 5) is 25.8. The van der Waals surface area contributed by atoms with Gasteiger partial charge in [-0.25, -0.2) is 0 Å². The van der Waals surface area contributed by atoms with Crippen molar-refractivity contribution in [2.45, 2.75) is 32.6 Å². The molecule has 0 saturated carbocycles. The smallest absolute Gasteiger partial charge is 0.306 e. The van der Waals surface area contributed by atoms with Crippen LogP contribution in [0, 0.1) is 0 Å². The van der Waals surface area contributed by atoms with Crippen LogP contribution in [0.2, 0.25) is 0 Å². The van der Waals surface area contributed by atoms with Crippen molar-refractivity contribution in [3.8, 4) is 5.75 Å². The highest BCUT2D eigenvalue weighted by molar-refractivity contribution is 8.27. The number of thioether (sulfide) groups is 1. The van der Waals surface area contributed by atoms with Crippen LogP contribution >= 0.6 is 24.0 Å². The maximum atomic E-state index is 13.0. The molecule has 2 aromatic carbocycles. The van der Waals surface area contributed by atoms with E-state index in [1.807, 2.05) is 36.4 Å². The minimum Gasteiger partial charge on any atom is -0.492 e. The zero-order valence-electron chi connectivity index (χ0n) is 16.8. The van der Waals surface area contributed by atoms with Gasteiger partial charge in [0.25, 0.3) is 5.91 Å². The highest BCUT2D eigenvalue weighted by Gasteiger charge is 2.33. The Morgan fingerprint density at radius 3 is 2.60 bits per heavy atom. The number of carboxylic acids is 1. The lowest BCUT2D eigenvalue weighted by Crippen LogP contribution is -2.27. The fourth-order valence-corrected chi connectivity index (χ4v) is 4.29. The number of carboxylic acid groups (broad SMARTS) is 1. The third kappa shape index (κ3) is 5.09. The number of thiocarbonyl (C=S) groups is 1. The molecule has 0 aromatic heterocycles. The maximum absolute atomic E-state index is 13.0. The molecule has 1 aliphatic rings. The van der Waals surface area contributed by atoms with Gasteiger partial charge in [0.1, 0.15) is 5.75 Å². The Labute approximate surface area is 185 Å². The van der Waals surface area contributed by atoms with Gasteiger partial charge in [-0.1, -0.05) is 68.2 Å². The van der Waals surface area contributed by atoms with Crippen LogP contribution in [0.15, 0.2) is 53.4 Å². The van der Waals surface area contributed by atoms with E-state index in [4.69, 9.17) is 22.1 Å². The quantitative estimate of drug-likeness (QED) is 0.433. The standard InChI is InChI=1S/C23H23NO4S2/c1-3-15(2)16-8-10-18(11-9-16)24-22(27)20(30-23(24)29)14-17-6-4-5-7-19(17)28-13-12-21(25)26/h4-11,14-15H,3,12-13H2,1-2H3,(H,25,26)/b20-14+. The predicted octanol–water partition coefficient (Wildman–Crippen LogP) is 5.46. The van der Waals surface area contributed by atoms with Gasteiger partial charge in [-0.15, -0.1) is 0 Å². The summed E-state index contributed by atoms with van der Waals surface area (Å²) in [5, 5.41) is 8.79. The summed E-state index contributed by atoms with van der Waals surface area (Å²) in [6.07, 6.45) is 2.70. The van der Waals surface area contributed by atoms with E-state index in [0.29, 0.717) is 26.5 Å². The molecule has 1 fully saturated rings. The average molecular weight is 442 g/mol. The van der Waals surface area contributed by atoms with E-state index >= 15 is 0 Å². The molecule has 0 aliphatic carbocycles. The minimum atomic E-state index is -0.923. The third-order valence-electron chi connectivity index (χ3n) is 4.91. The third-order valence-corrected chi connectivity index (χ3v) is 6.21. The van der Waals surface area contributed by atoms with E-state index < -0.39 is 5.97 Å². The molecule has 1 heterocycles. The number of ether oxygens (including phenoxy) is 1. The predicted molar refractivity (Wildman–Crippen MR) is 125 cm³/mol. The van der Waals surface area contributed by atoms with E-state index in [1.165, 1.54) is 17.3 Å². The maximum Gasteiger partial charge on any atom is 0.306 e. The molecular weight excluding hydrogens is 418 g/mol. The van der Waals surface area contributed by atoms with Gasteiger partial charge in [0.15, 0.2) is 4.32 Å². The summed E-state index contributed by atoms with van der Waals surface area (Å²) in [6.45, 7) is 4.38. The van der Waals surface area contributed by atoms with Crippen molar-refractivity contribution < 1.29 is 19.4 Å². The van der Waals surface area contributed by atoms with Crippen molar-refractivity contribution >= 4 is 51.9 Å². The van der Waals surface area contributed by atoms with Crippen molar-refractivity contribution in [3.05, 3.63) is 64.6 Å². The van der Waals surface area contributed by atoms with Crippen molar-refractivity contribution in [2.75, 3.05) is 11.5 Å². The van der Waals surface area contributed by atoms with E-state index in [0.717, 1.165) is 12.1 Å². The van der Waals surface area contributed by atoms with Gasteiger partial charge in [0.05, 0.1) is 23.6 Å². The lowest BCUT2D eigenvalue weighted by Gasteiger charge is -2.16. The molecule has 1 N–H and O–H groups in total. The number of anilines is 1. The van der Waals surface area contributed by atoms with E-state index in [1.54, 1.807) is 23.1 Å². The molecule has 3 rings (SSSR count). The number of carbonyl (C=O) groups excluding carboxylic acids is 1. The molecule has 2 aromatic rings. The number of nitrogens with zero attached hydrogens (tertiary/aromatic N) is 1. The summed E-state index contributed by atoms with van der Waals surface area (Å²) in [6, 6.07) is 15.2.